The van der Waals surface area contributed by atoms with Crippen LogP contribution in [-0.4, -0.2) is 85.9 Å². The molecule has 3 N–H and O–H groups in total. The standard InChI is InChI=1S/C26H42F3N5O4Si/c1-24(2,3)19(32-23(38)26(27,28)29)22(37)34-15-39(9-7-8-10-39)14-18(34)21(36)31-17(13-30-6)11-16-12-25(4,5)33-20(16)35/h13,16-19H,7-12,14-15H2,1-6H3,(H,31,36)(H,32,38)(H,33,35)/b30-13+/t16?,17?,18?,19-/m1/s1. The highest BCUT2D eigenvalue weighted by Gasteiger charge is 2.54. The molecule has 4 atom stereocenters. The van der Waals surface area contributed by atoms with Crippen molar-refractivity contribution >= 4 is 37.9 Å². The van der Waals surface area contributed by atoms with Gasteiger partial charge < -0.3 is 20.9 Å². The first kappa shape index (κ1) is 31.1. The van der Waals surface area contributed by atoms with Gasteiger partial charge in [-0.3, -0.25) is 24.2 Å². The van der Waals surface area contributed by atoms with Crippen LogP contribution in [0.15, 0.2) is 4.99 Å². The van der Waals surface area contributed by atoms with E-state index in [9.17, 15) is 32.3 Å². The van der Waals surface area contributed by atoms with Crippen molar-refractivity contribution in [2.75, 3.05) is 13.2 Å². The highest BCUT2D eigenvalue weighted by atomic mass is 28.3. The zero-order chi connectivity index (χ0) is 29.4. The lowest BCUT2D eigenvalue weighted by Gasteiger charge is -2.36. The molecule has 3 unspecified atom stereocenters. The Balaban J connectivity index is 1.84. The van der Waals surface area contributed by atoms with Crippen LogP contribution in [0.5, 0.6) is 0 Å². The molecule has 3 heterocycles. The smallest absolute Gasteiger partial charge is 0.351 e. The van der Waals surface area contributed by atoms with Gasteiger partial charge in [0.15, 0.2) is 0 Å². The van der Waals surface area contributed by atoms with Crippen LogP contribution in [0.2, 0.25) is 18.1 Å². The van der Waals surface area contributed by atoms with Crippen molar-refractivity contribution in [1.29, 1.82) is 0 Å². The van der Waals surface area contributed by atoms with Crippen molar-refractivity contribution in [3.05, 3.63) is 0 Å². The number of aliphatic imine (C=N–C) groups is 1. The van der Waals surface area contributed by atoms with Crippen molar-refractivity contribution < 1.29 is 32.3 Å². The van der Waals surface area contributed by atoms with Crippen LogP contribution in [0.4, 0.5) is 13.2 Å². The molecule has 3 saturated heterocycles. The Labute approximate surface area is 229 Å². The lowest BCUT2D eigenvalue weighted by Crippen LogP contribution is -2.60. The molecular weight excluding hydrogens is 531 g/mol. The van der Waals surface area contributed by atoms with Crippen molar-refractivity contribution in [1.82, 2.24) is 20.9 Å². The number of amides is 4. The van der Waals surface area contributed by atoms with Crippen LogP contribution in [0.3, 0.4) is 0 Å². The molecule has 0 bridgehead atoms. The zero-order valence-electron chi connectivity index (χ0n) is 23.7. The SMILES string of the molecule is C/N=C/C(CC1CC(C)(C)NC1=O)NC(=O)C1C[Si]2(CCCC2)CN1C(=O)[C@@H](NC(=O)C(F)(F)F)C(C)(C)C. The lowest BCUT2D eigenvalue weighted by atomic mass is 9.85. The van der Waals surface area contributed by atoms with Crippen LogP contribution in [0, 0.1) is 11.3 Å². The number of hydrogen-bond acceptors (Lipinski definition) is 5. The maximum absolute atomic E-state index is 13.8. The second kappa shape index (κ2) is 11.2. The predicted octanol–water partition coefficient (Wildman–Crippen LogP) is 2.56. The number of carbonyl (C=O) groups excluding carboxylic acids is 4. The number of halogens is 3. The third kappa shape index (κ3) is 7.40. The Kier molecular flexibility index (Phi) is 8.93. The Morgan fingerprint density at radius 2 is 1.79 bits per heavy atom. The van der Waals surface area contributed by atoms with Gasteiger partial charge in [0.25, 0.3) is 0 Å². The van der Waals surface area contributed by atoms with E-state index < -0.39 is 55.5 Å². The molecule has 3 aliphatic heterocycles. The van der Waals surface area contributed by atoms with Gasteiger partial charge in [-0.05, 0) is 38.1 Å². The largest absolute Gasteiger partial charge is 0.471 e. The average molecular weight is 574 g/mol. The maximum atomic E-state index is 13.8. The molecule has 0 aliphatic carbocycles. The summed E-state index contributed by atoms with van der Waals surface area (Å²) in [6.45, 7) is 8.62. The minimum Gasteiger partial charge on any atom is -0.351 e. The minimum absolute atomic E-state index is 0.0906. The molecular formula is C26H42F3N5O4Si. The molecule has 3 rings (SSSR count). The van der Waals surface area contributed by atoms with Crippen LogP contribution in [-0.2, 0) is 19.2 Å². The summed E-state index contributed by atoms with van der Waals surface area (Å²) in [6, 6.07) is -0.419. The first-order valence-electron chi connectivity index (χ1n) is 13.6. The number of nitrogens with zero attached hydrogens (tertiary/aromatic N) is 2. The number of hydrogen-bond donors (Lipinski definition) is 3. The van der Waals surface area contributed by atoms with Crippen LogP contribution in [0.25, 0.3) is 0 Å². The molecule has 0 radical (unpaired) electrons. The molecule has 0 aromatic carbocycles. The Hall–Kier alpha value is -2.44. The van der Waals surface area contributed by atoms with Gasteiger partial charge in [0.05, 0.1) is 14.1 Å². The number of carbonyl (C=O) groups is 4. The van der Waals surface area contributed by atoms with Gasteiger partial charge >= 0.3 is 12.1 Å². The quantitative estimate of drug-likeness (QED) is 0.320. The van der Waals surface area contributed by atoms with E-state index in [-0.39, 0.29) is 17.4 Å². The van der Waals surface area contributed by atoms with E-state index >= 15 is 0 Å². The molecule has 3 aliphatic rings. The fourth-order valence-electron chi connectivity index (χ4n) is 6.34. The number of rotatable bonds is 7. The van der Waals surface area contributed by atoms with Gasteiger partial charge in [-0.1, -0.05) is 45.7 Å². The summed E-state index contributed by atoms with van der Waals surface area (Å²) in [4.78, 5) is 57.3. The lowest BCUT2D eigenvalue weighted by molar-refractivity contribution is -0.176. The van der Waals surface area contributed by atoms with Crippen LogP contribution >= 0.6 is 0 Å². The van der Waals surface area contributed by atoms with Gasteiger partial charge in [0.2, 0.25) is 17.7 Å². The Morgan fingerprint density at radius 3 is 2.28 bits per heavy atom. The normalized spacial score (nSPS) is 26.1. The average Bonchev–Trinajstić information content (AvgIpc) is 3.47. The summed E-state index contributed by atoms with van der Waals surface area (Å²) in [5.74, 6) is -3.66. The maximum Gasteiger partial charge on any atom is 0.471 e. The van der Waals surface area contributed by atoms with Gasteiger partial charge in [-0.25, -0.2) is 0 Å². The van der Waals surface area contributed by atoms with Crippen molar-refractivity contribution in [2.24, 2.45) is 16.3 Å². The van der Waals surface area contributed by atoms with E-state index in [1.165, 1.54) is 4.90 Å². The third-order valence-electron chi connectivity index (χ3n) is 8.19. The fraction of sp³-hybridized carbons (Fsp3) is 0.808. The molecule has 4 amide bonds. The summed E-state index contributed by atoms with van der Waals surface area (Å²) in [5, 5.41) is 7.81. The molecule has 3 fully saturated rings. The number of nitrogens with one attached hydrogen (secondary N) is 3. The first-order valence-corrected chi connectivity index (χ1v) is 16.4. The summed E-state index contributed by atoms with van der Waals surface area (Å²) < 4.78 is 39.3. The van der Waals surface area contributed by atoms with Crippen molar-refractivity contribution in [3.63, 3.8) is 0 Å². The van der Waals surface area contributed by atoms with Gasteiger partial charge in [0, 0.05) is 30.9 Å². The monoisotopic (exact) mass is 573 g/mol. The number of alkyl halides is 3. The minimum atomic E-state index is -5.14. The van der Waals surface area contributed by atoms with E-state index in [1.807, 2.05) is 19.2 Å². The van der Waals surface area contributed by atoms with Gasteiger partial charge in [0.1, 0.15) is 12.1 Å². The second-order valence-corrected chi connectivity index (χ2v) is 17.9. The molecule has 220 valence electrons. The van der Waals surface area contributed by atoms with Gasteiger partial charge in [-0.15, -0.1) is 0 Å². The molecule has 0 aromatic heterocycles. The fourth-order valence-corrected chi connectivity index (χ4v) is 11.8. The van der Waals surface area contributed by atoms with Gasteiger partial charge in [-0.2, -0.15) is 13.2 Å². The van der Waals surface area contributed by atoms with Crippen LogP contribution < -0.4 is 16.0 Å². The molecule has 13 heteroatoms. The molecule has 9 nitrogen and oxygen atoms in total. The molecule has 1 spiro atoms. The molecule has 39 heavy (non-hydrogen) atoms. The van der Waals surface area contributed by atoms with Crippen LogP contribution in [0.1, 0.15) is 60.3 Å². The van der Waals surface area contributed by atoms with E-state index in [2.05, 4.69) is 15.6 Å². The van der Waals surface area contributed by atoms with Crippen molar-refractivity contribution in [2.45, 2.75) is 108 Å². The highest BCUT2D eigenvalue weighted by molar-refractivity contribution is 6.82. The summed E-state index contributed by atoms with van der Waals surface area (Å²) >= 11 is 0. The first-order chi connectivity index (χ1) is 17.9. The highest BCUT2D eigenvalue weighted by Crippen LogP contribution is 2.42. The summed E-state index contributed by atoms with van der Waals surface area (Å²) in [7, 11) is -0.456. The summed E-state index contributed by atoms with van der Waals surface area (Å²) in [5.41, 5.74) is -1.37. The van der Waals surface area contributed by atoms with E-state index in [4.69, 9.17) is 0 Å². The second-order valence-electron chi connectivity index (χ2n) is 13.2. The van der Waals surface area contributed by atoms with Crippen molar-refractivity contribution in [3.8, 4) is 0 Å². The molecule has 0 saturated carbocycles. The van der Waals surface area contributed by atoms with E-state index in [1.54, 1.807) is 34.0 Å². The Morgan fingerprint density at radius 1 is 1.18 bits per heavy atom. The third-order valence-corrected chi connectivity index (χ3v) is 13.3. The Bertz CT molecular complexity index is 1000. The zero-order valence-corrected chi connectivity index (χ0v) is 24.7. The summed E-state index contributed by atoms with van der Waals surface area (Å²) in [6.07, 6.45) is -0.228. The molecule has 0 aromatic rings. The predicted molar refractivity (Wildman–Crippen MR) is 144 cm³/mol. The van der Waals surface area contributed by atoms with E-state index in [0.29, 0.717) is 25.1 Å². The van der Waals surface area contributed by atoms with E-state index in [0.717, 1.165) is 24.9 Å². The topological polar surface area (TPSA) is 120 Å².